The van der Waals surface area contributed by atoms with E-state index in [-0.39, 0.29) is 11.5 Å². The van der Waals surface area contributed by atoms with Crippen molar-refractivity contribution in [3.63, 3.8) is 0 Å². The molecule has 0 atom stereocenters. The number of ether oxygens (including phenoxy) is 2. The summed E-state index contributed by atoms with van der Waals surface area (Å²) in [4.78, 5) is 12.8. The van der Waals surface area contributed by atoms with Crippen molar-refractivity contribution in [2.75, 3.05) is 0 Å². The zero-order chi connectivity index (χ0) is 19.7. The molecule has 140 valence electrons. The Bertz CT molecular complexity index is 1100. The van der Waals surface area contributed by atoms with Crippen molar-refractivity contribution in [1.82, 2.24) is 0 Å². The Morgan fingerprint density at radius 1 is 1.04 bits per heavy atom. The molecule has 0 aromatic heterocycles. The molecule has 0 radical (unpaired) electrons. The molecular weight excluding hydrogens is 395 g/mol. The van der Waals surface area contributed by atoms with Gasteiger partial charge in [0.05, 0.1) is 5.56 Å². The fraction of sp³-hybridized carbons (Fsp3) is 0.0870. The van der Waals surface area contributed by atoms with Crippen molar-refractivity contribution >= 4 is 35.1 Å². The summed E-state index contributed by atoms with van der Waals surface area (Å²) in [5.74, 6) is 1.21. The van der Waals surface area contributed by atoms with Crippen LogP contribution in [0.3, 0.4) is 0 Å². The van der Waals surface area contributed by atoms with Gasteiger partial charge in [-0.3, -0.25) is 4.79 Å². The molecule has 3 nitrogen and oxygen atoms in total. The lowest BCUT2D eigenvalue weighted by atomic mass is 10.0. The van der Waals surface area contributed by atoms with Crippen LogP contribution >= 0.6 is 23.2 Å². The minimum atomic E-state index is -0.159. The number of Topliss-reactive ketones (excluding diaryl/α,β-unsaturated/α-hetero) is 1. The van der Waals surface area contributed by atoms with Gasteiger partial charge in [-0.2, -0.15) is 0 Å². The second-order valence-corrected chi connectivity index (χ2v) is 7.34. The van der Waals surface area contributed by atoms with E-state index in [0.717, 1.165) is 16.7 Å². The summed E-state index contributed by atoms with van der Waals surface area (Å²) in [6.45, 7) is 2.24. The molecule has 28 heavy (non-hydrogen) atoms. The number of halogens is 2. The molecular formula is C23H16Cl2O3. The lowest BCUT2D eigenvalue weighted by Gasteiger charge is -2.09. The number of rotatable bonds is 4. The molecule has 0 aliphatic carbocycles. The highest BCUT2D eigenvalue weighted by atomic mass is 35.5. The average molecular weight is 411 g/mol. The van der Waals surface area contributed by atoms with Gasteiger partial charge in [-0.05, 0) is 54.0 Å². The molecule has 1 aliphatic rings. The molecule has 1 heterocycles. The van der Waals surface area contributed by atoms with E-state index in [1.807, 2.05) is 55.5 Å². The predicted molar refractivity (Wildman–Crippen MR) is 111 cm³/mol. The summed E-state index contributed by atoms with van der Waals surface area (Å²) in [6.07, 6.45) is 1.66. The Morgan fingerprint density at radius 3 is 2.64 bits per heavy atom. The van der Waals surface area contributed by atoms with Crippen molar-refractivity contribution < 1.29 is 14.3 Å². The summed E-state index contributed by atoms with van der Waals surface area (Å²) >= 11 is 12.2. The first kappa shape index (κ1) is 18.6. The van der Waals surface area contributed by atoms with Crippen LogP contribution in [0.25, 0.3) is 6.08 Å². The number of ketones is 1. The monoisotopic (exact) mass is 410 g/mol. The van der Waals surface area contributed by atoms with E-state index in [1.54, 1.807) is 18.2 Å². The Balaban J connectivity index is 1.58. The number of hydrogen-bond acceptors (Lipinski definition) is 3. The maximum Gasteiger partial charge on any atom is 0.232 e. The van der Waals surface area contributed by atoms with Crippen molar-refractivity contribution in [3.05, 3.63) is 98.7 Å². The van der Waals surface area contributed by atoms with Gasteiger partial charge >= 0.3 is 0 Å². The summed E-state index contributed by atoms with van der Waals surface area (Å²) < 4.78 is 11.7. The van der Waals surface area contributed by atoms with Gasteiger partial charge in [0, 0.05) is 16.1 Å². The number of carbonyl (C=O) groups excluding carboxylic acids is 1. The van der Waals surface area contributed by atoms with Crippen LogP contribution < -0.4 is 9.47 Å². The van der Waals surface area contributed by atoms with E-state index in [0.29, 0.717) is 33.7 Å². The van der Waals surface area contributed by atoms with E-state index in [1.165, 1.54) is 0 Å². The van der Waals surface area contributed by atoms with E-state index >= 15 is 0 Å². The number of allylic oxidation sites excluding steroid dienone is 1. The molecule has 0 N–H and O–H groups in total. The molecule has 3 aromatic rings. The maximum atomic E-state index is 12.8. The Morgan fingerprint density at radius 2 is 1.86 bits per heavy atom. The molecule has 0 fully saturated rings. The normalized spacial score (nSPS) is 14.1. The van der Waals surface area contributed by atoms with Crippen LogP contribution in [0.4, 0.5) is 0 Å². The van der Waals surface area contributed by atoms with Gasteiger partial charge < -0.3 is 9.47 Å². The molecule has 4 rings (SSSR count). The molecule has 1 aliphatic heterocycles. The first-order chi connectivity index (χ1) is 13.5. The summed E-state index contributed by atoms with van der Waals surface area (Å²) in [5, 5.41) is 1.22. The maximum absolute atomic E-state index is 12.8. The molecule has 0 saturated carbocycles. The SMILES string of the molecule is Cc1cc(OCc2cccc(Cl)c2)cc2c1C(=O)/C(=C/c1ccccc1Cl)O2. The van der Waals surface area contributed by atoms with Gasteiger partial charge in [-0.25, -0.2) is 0 Å². The molecule has 5 heteroatoms. The summed E-state index contributed by atoms with van der Waals surface area (Å²) in [6, 6.07) is 18.4. The fourth-order valence-corrected chi connectivity index (χ4v) is 3.49. The largest absolute Gasteiger partial charge is 0.489 e. The number of carbonyl (C=O) groups is 1. The fourth-order valence-electron chi connectivity index (χ4n) is 3.09. The summed E-state index contributed by atoms with van der Waals surface area (Å²) in [5.41, 5.74) is 3.04. The second-order valence-electron chi connectivity index (χ2n) is 6.49. The van der Waals surface area contributed by atoms with Crippen molar-refractivity contribution in [2.24, 2.45) is 0 Å². The highest BCUT2D eigenvalue weighted by Gasteiger charge is 2.30. The number of hydrogen-bond donors (Lipinski definition) is 0. The third kappa shape index (κ3) is 3.77. The van der Waals surface area contributed by atoms with Crippen LogP contribution in [0.2, 0.25) is 10.0 Å². The first-order valence-corrected chi connectivity index (χ1v) is 9.47. The van der Waals surface area contributed by atoms with E-state index in [9.17, 15) is 4.79 Å². The Labute approximate surface area is 173 Å². The van der Waals surface area contributed by atoms with Crippen LogP contribution in [0.1, 0.15) is 27.0 Å². The van der Waals surface area contributed by atoms with E-state index < -0.39 is 0 Å². The Kier molecular flexibility index (Phi) is 5.12. The quantitative estimate of drug-likeness (QED) is 0.460. The summed E-state index contributed by atoms with van der Waals surface area (Å²) in [7, 11) is 0. The smallest absolute Gasteiger partial charge is 0.232 e. The average Bonchev–Trinajstić information content (AvgIpc) is 2.98. The molecule has 0 spiro atoms. The lowest BCUT2D eigenvalue weighted by molar-refractivity contribution is 0.101. The standard InChI is InChI=1S/C23H16Cl2O3/c1-14-9-18(27-13-15-5-4-7-17(24)10-15)12-20-22(14)23(26)21(28-20)11-16-6-2-3-8-19(16)25/h2-12H,13H2,1H3/b21-11-. The minimum Gasteiger partial charge on any atom is -0.489 e. The zero-order valence-electron chi connectivity index (χ0n) is 15.0. The van der Waals surface area contributed by atoms with Crippen LogP contribution in [0.15, 0.2) is 66.4 Å². The topological polar surface area (TPSA) is 35.5 Å². The van der Waals surface area contributed by atoms with Gasteiger partial charge in [-0.1, -0.05) is 53.5 Å². The van der Waals surface area contributed by atoms with Crippen molar-refractivity contribution in [2.45, 2.75) is 13.5 Å². The Hall–Kier alpha value is -2.75. The minimum absolute atomic E-state index is 0.159. The first-order valence-electron chi connectivity index (χ1n) is 8.72. The van der Waals surface area contributed by atoms with E-state index in [2.05, 4.69) is 0 Å². The highest BCUT2D eigenvalue weighted by molar-refractivity contribution is 6.32. The predicted octanol–water partition coefficient (Wildman–Crippen LogP) is 6.50. The zero-order valence-corrected chi connectivity index (χ0v) is 16.6. The lowest BCUT2D eigenvalue weighted by Crippen LogP contribution is -2.00. The highest BCUT2D eigenvalue weighted by Crippen LogP contribution is 2.38. The molecule has 3 aromatic carbocycles. The van der Waals surface area contributed by atoms with Gasteiger partial charge in [0.2, 0.25) is 5.78 Å². The van der Waals surface area contributed by atoms with Crippen LogP contribution in [-0.2, 0) is 6.61 Å². The number of benzene rings is 3. The van der Waals surface area contributed by atoms with Gasteiger partial charge in [0.1, 0.15) is 18.1 Å². The third-order valence-corrected chi connectivity index (χ3v) is 5.01. The van der Waals surface area contributed by atoms with Crippen molar-refractivity contribution in [3.8, 4) is 11.5 Å². The van der Waals surface area contributed by atoms with Crippen molar-refractivity contribution in [1.29, 1.82) is 0 Å². The molecule has 0 unspecified atom stereocenters. The second kappa shape index (κ2) is 7.70. The van der Waals surface area contributed by atoms with Crippen LogP contribution in [0.5, 0.6) is 11.5 Å². The van der Waals surface area contributed by atoms with Crippen LogP contribution in [-0.4, -0.2) is 5.78 Å². The van der Waals surface area contributed by atoms with Gasteiger partial charge in [0.15, 0.2) is 5.76 Å². The number of fused-ring (bicyclic) bond motifs is 1. The number of aryl methyl sites for hydroxylation is 1. The molecule has 0 amide bonds. The van der Waals surface area contributed by atoms with E-state index in [4.69, 9.17) is 32.7 Å². The molecule has 0 bridgehead atoms. The van der Waals surface area contributed by atoms with Crippen LogP contribution in [0, 0.1) is 6.92 Å². The van der Waals surface area contributed by atoms with Gasteiger partial charge in [-0.15, -0.1) is 0 Å². The molecule has 0 saturated heterocycles. The van der Waals surface area contributed by atoms with Gasteiger partial charge in [0.25, 0.3) is 0 Å². The third-order valence-electron chi connectivity index (χ3n) is 4.43.